The Morgan fingerprint density at radius 2 is 1.84 bits per heavy atom. The maximum Gasteiger partial charge on any atom is 0.315 e. The number of hydrogen-bond donors (Lipinski definition) is 2. The van der Waals surface area contributed by atoms with E-state index in [2.05, 4.69) is 33.0 Å². The molecule has 32 heavy (non-hydrogen) atoms. The molecule has 3 unspecified atom stereocenters. The average molecular weight is 446 g/mol. The molecule has 180 valence electrons. The largest absolute Gasteiger partial charge is 0.506 e. The lowest BCUT2D eigenvalue weighted by atomic mass is 9.95. The van der Waals surface area contributed by atoms with E-state index in [-0.39, 0.29) is 35.9 Å². The number of phenolic OH excluding ortho intramolecular Hbond substituents is 1. The minimum atomic E-state index is -0.215. The van der Waals surface area contributed by atoms with Crippen molar-refractivity contribution in [3.63, 3.8) is 0 Å². The molecule has 1 aliphatic heterocycles. The minimum absolute atomic E-state index is 0.0519. The van der Waals surface area contributed by atoms with Crippen LogP contribution in [0.3, 0.4) is 0 Å². The Morgan fingerprint density at radius 1 is 1.12 bits per heavy atom. The molecule has 1 fully saturated rings. The molecule has 5 nitrogen and oxygen atoms in total. The number of hydrogen-bond acceptors (Lipinski definition) is 3. The van der Waals surface area contributed by atoms with Crippen molar-refractivity contribution in [2.75, 3.05) is 18.4 Å². The predicted molar refractivity (Wildman–Crippen MR) is 132 cm³/mol. The van der Waals surface area contributed by atoms with Gasteiger partial charge in [0, 0.05) is 25.2 Å². The highest BCUT2D eigenvalue weighted by molar-refractivity contribution is 5.94. The molecule has 2 amide bonds. The summed E-state index contributed by atoms with van der Waals surface area (Å²) in [6.07, 6.45) is 9.52. The third-order valence-corrected chi connectivity index (χ3v) is 7.61. The Bertz CT molecular complexity index is 778. The van der Waals surface area contributed by atoms with E-state index in [1.165, 1.54) is 19.3 Å². The summed E-state index contributed by atoms with van der Waals surface area (Å²) in [5, 5.41) is 12.8. The van der Waals surface area contributed by atoms with E-state index in [4.69, 9.17) is 0 Å². The molecule has 1 aromatic rings. The van der Waals surface area contributed by atoms with Gasteiger partial charge in [0.05, 0.1) is 18.7 Å². The van der Waals surface area contributed by atoms with E-state index in [1.807, 2.05) is 6.92 Å². The number of anilines is 1. The Morgan fingerprint density at radius 3 is 2.47 bits per heavy atom. The van der Waals surface area contributed by atoms with Crippen LogP contribution in [-0.2, 0) is 9.59 Å². The summed E-state index contributed by atoms with van der Waals surface area (Å²) >= 11 is 0. The van der Waals surface area contributed by atoms with E-state index < -0.39 is 0 Å². The maximum absolute atomic E-state index is 13.6. The molecule has 5 heteroatoms. The van der Waals surface area contributed by atoms with Crippen molar-refractivity contribution in [1.82, 2.24) is 0 Å². The molecule has 0 saturated carbocycles. The Hall–Kier alpha value is -1.88. The standard InChI is InChI=1S/C27H44N2O3/c1-6-10-12-22(8-3)19-29(20-27(29,9-4)17-11-7-2)26(32)16-15-25(31)28-23-18-21(5)13-14-24(23)30/h13-14,18,22H,6-12,15-17,19-20H2,1-5H3,(H-,28,30,31)/p+1. The van der Waals surface area contributed by atoms with Crippen molar-refractivity contribution in [3.05, 3.63) is 23.8 Å². The van der Waals surface area contributed by atoms with Gasteiger partial charge in [0.25, 0.3) is 0 Å². The number of aryl methyl sites for hydroxylation is 1. The normalized spacial score (nSPS) is 23.0. The lowest BCUT2D eigenvalue weighted by Crippen LogP contribution is -2.45. The first-order chi connectivity index (χ1) is 15.3. The van der Waals surface area contributed by atoms with Gasteiger partial charge < -0.3 is 10.4 Å². The van der Waals surface area contributed by atoms with Gasteiger partial charge in [-0.3, -0.25) is 4.79 Å². The second-order valence-electron chi connectivity index (χ2n) is 9.87. The first-order valence-corrected chi connectivity index (χ1v) is 12.8. The van der Waals surface area contributed by atoms with Crippen molar-refractivity contribution >= 4 is 17.5 Å². The van der Waals surface area contributed by atoms with Crippen molar-refractivity contribution in [2.45, 2.75) is 104 Å². The number of amides is 2. The third kappa shape index (κ3) is 6.12. The lowest BCUT2D eigenvalue weighted by molar-refractivity contribution is -0.757. The molecule has 0 aromatic heterocycles. The Labute approximate surface area is 195 Å². The molecule has 0 spiro atoms. The number of nitrogens with zero attached hydrogens (tertiary/aromatic N) is 1. The number of nitrogens with one attached hydrogen (secondary N) is 1. The summed E-state index contributed by atoms with van der Waals surface area (Å²) in [4.78, 5) is 26.2. The molecule has 3 atom stereocenters. The fourth-order valence-corrected chi connectivity index (χ4v) is 5.33. The van der Waals surface area contributed by atoms with E-state index in [1.54, 1.807) is 18.2 Å². The first kappa shape index (κ1) is 26.4. The predicted octanol–water partition coefficient (Wildman–Crippen LogP) is 6.33. The van der Waals surface area contributed by atoms with Crippen LogP contribution in [0.2, 0.25) is 0 Å². The van der Waals surface area contributed by atoms with E-state index >= 15 is 0 Å². The van der Waals surface area contributed by atoms with Crippen LogP contribution in [0.4, 0.5) is 5.69 Å². The molecule has 2 N–H and O–H groups in total. The van der Waals surface area contributed by atoms with Crippen LogP contribution in [-0.4, -0.2) is 40.0 Å². The quantitative estimate of drug-likeness (QED) is 0.200. The number of quaternary nitrogens is 1. The Kier molecular flexibility index (Phi) is 9.75. The summed E-state index contributed by atoms with van der Waals surface area (Å²) < 4.78 is 0.578. The topological polar surface area (TPSA) is 66.4 Å². The van der Waals surface area contributed by atoms with Gasteiger partial charge >= 0.3 is 5.91 Å². The van der Waals surface area contributed by atoms with Gasteiger partial charge in [-0.1, -0.05) is 53.0 Å². The summed E-state index contributed by atoms with van der Waals surface area (Å²) in [5.74, 6) is 0.623. The fraction of sp³-hybridized carbons (Fsp3) is 0.704. The number of carbonyl (C=O) groups is 2. The number of benzene rings is 1. The second kappa shape index (κ2) is 11.8. The summed E-state index contributed by atoms with van der Waals surface area (Å²) in [6, 6.07) is 5.13. The van der Waals surface area contributed by atoms with E-state index in [0.717, 1.165) is 50.8 Å². The van der Waals surface area contributed by atoms with Crippen LogP contribution in [0, 0.1) is 12.8 Å². The zero-order chi connectivity index (χ0) is 23.8. The molecule has 0 aliphatic carbocycles. The van der Waals surface area contributed by atoms with Crippen molar-refractivity contribution in [1.29, 1.82) is 0 Å². The van der Waals surface area contributed by atoms with Crippen molar-refractivity contribution in [2.24, 2.45) is 5.92 Å². The van der Waals surface area contributed by atoms with Crippen LogP contribution in [0.5, 0.6) is 5.75 Å². The number of rotatable bonds is 14. The molecule has 1 aliphatic rings. The highest BCUT2D eigenvalue weighted by Crippen LogP contribution is 2.51. The van der Waals surface area contributed by atoms with Crippen LogP contribution in [0.1, 0.15) is 97.5 Å². The SMILES string of the molecule is CCCCC(CC)C[N+]1(C(=O)CCC(=O)Nc2cc(C)ccc2O)CC1(CC)CCCC. The van der Waals surface area contributed by atoms with Gasteiger partial charge in [0.15, 0.2) is 5.54 Å². The Balaban J connectivity index is 2.09. The van der Waals surface area contributed by atoms with E-state index in [9.17, 15) is 14.7 Å². The van der Waals surface area contributed by atoms with Crippen molar-refractivity contribution < 1.29 is 19.2 Å². The smallest absolute Gasteiger partial charge is 0.315 e. The van der Waals surface area contributed by atoms with Crippen LogP contribution < -0.4 is 5.32 Å². The first-order valence-electron chi connectivity index (χ1n) is 12.8. The molecule has 1 saturated heterocycles. The van der Waals surface area contributed by atoms with Gasteiger partial charge in [-0.2, -0.15) is 0 Å². The van der Waals surface area contributed by atoms with Crippen LogP contribution >= 0.6 is 0 Å². The highest BCUT2D eigenvalue weighted by atomic mass is 16.3. The number of phenols is 1. The van der Waals surface area contributed by atoms with Gasteiger partial charge in [-0.15, -0.1) is 0 Å². The molecule has 1 aromatic carbocycles. The summed E-state index contributed by atoms with van der Waals surface area (Å²) in [5.41, 5.74) is 1.44. The number of carbonyl (C=O) groups excluding carboxylic acids is 2. The van der Waals surface area contributed by atoms with Gasteiger partial charge in [0.2, 0.25) is 5.91 Å². The highest BCUT2D eigenvalue weighted by Gasteiger charge is 2.71. The monoisotopic (exact) mass is 445 g/mol. The molecule has 2 rings (SSSR count). The molecular weight excluding hydrogens is 400 g/mol. The average Bonchev–Trinajstić information content (AvgIpc) is 3.44. The molecule has 1 heterocycles. The maximum atomic E-state index is 13.6. The molecule has 0 bridgehead atoms. The van der Waals surface area contributed by atoms with Crippen LogP contribution in [0.15, 0.2) is 18.2 Å². The van der Waals surface area contributed by atoms with E-state index in [0.29, 0.717) is 16.1 Å². The minimum Gasteiger partial charge on any atom is -0.506 e. The van der Waals surface area contributed by atoms with Crippen LogP contribution in [0.25, 0.3) is 0 Å². The molecular formula is C27H45N2O3+. The summed E-state index contributed by atoms with van der Waals surface area (Å²) in [6.45, 7) is 12.7. The van der Waals surface area contributed by atoms with Gasteiger partial charge in [-0.25, -0.2) is 9.28 Å². The molecule has 0 radical (unpaired) electrons. The zero-order valence-electron chi connectivity index (χ0n) is 21.0. The lowest BCUT2D eigenvalue weighted by Gasteiger charge is -2.28. The number of unbranched alkanes of at least 4 members (excludes halogenated alkanes) is 2. The number of aromatic hydroxyl groups is 1. The second-order valence-corrected chi connectivity index (χ2v) is 9.87. The van der Waals surface area contributed by atoms with Gasteiger partial charge in [0.1, 0.15) is 12.3 Å². The fourth-order valence-electron chi connectivity index (χ4n) is 5.33. The van der Waals surface area contributed by atoms with Gasteiger partial charge in [-0.05, 0) is 43.9 Å². The zero-order valence-corrected chi connectivity index (χ0v) is 21.0. The van der Waals surface area contributed by atoms with Crippen molar-refractivity contribution in [3.8, 4) is 5.75 Å². The third-order valence-electron chi connectivity index (χ3n) is 7.61. The summed E-state index contributed by atoms with van der Waals surface area (Å²) in [7, 11) is 0.